The van der Waals surface area contributed by atoms with Gasteiger partial charge in [-0.25, -0.2) is 4.98 Å². The van der Waals surface area contributed by atoms with Crippen LogP contribution in [0.4, 0.5) is 23.2 Å². The zero-order valence-corrected chi connectivity index (χ0v) is 8.55. The van der Waals surface area contributed by atoms with Crippen LogP contribution >= 0.6 is 11.6 Å². The number of hydrogen-bond donors (Lipinski definition) is 0. The molecule has 0 amide bonds. The van der Waals surface area contributed by atoms with Crippen LogP contribution in [0.1, 0.15) is 5.56 Å². The van der Waals surface area contributed by atoms with Gasteiger partial charge in [0.1, 0.15) is 0 Å². The molecule has 1 aromatic heterocycles. The van der Waals surface area contributed by atoms with Crippen molar-refractivity contribution in [1.82, 2.24) is 4.98 Å². The number of aromatic nitrogens is 1. The summed E-state index contributed by atoms with van der Waals surface area (Å²) in [4.78, 5) is 12.2. The van der Waals surface area contributed by atoms with Gasteiger partial charge in [-0.05, 0) is 0 Å². The van der Waals surface area contributed by atoms with E-state index in [1.807, 2.05) is 0 Å². The first-order valence-corrected chi connectivity index (χ1v) is 4.43. The highest BCUT2D eigenvalue weighted by Crippen LogP contribution is 2.31. The van der Waals surface area contributed by atoms with E-state index < -0.39 is 34.6 Å². The summed E-state index contributed by atoms with van der Waals surface area (Å²) in [6.45, 7) is 0. The molecule has 10 heteroatoms. The molecule has 0 aliphatic carbocycles. The van der Waals surface area contributed by atoms with Crippen LogP contribution in [-0.2, 0) is 5.88 Å². The van der Waals surface area contributed by atoms with Gasteiger partial charge in [0.05, 0.1) is 16.4 Å². The van der Waals surface area contributed by atoms with Crippen LogP contribution in [0.3, 0.4) is 0 Å². The van der Waals surface area contributed by atoms with Gasteiger partial charge in [-0.1, -0.05) is 0 Å². The van der Waals surface area contributed by atoms with Crippen molar-refractivity contribution in [3.8, 4) is 5.88 Å². The third-order valence-electron chi connectivity index (χ3n) is 1.58. The van der Waals surface area contributed by atoms with Crippen LogP contribution < -0.4 is 4.74 Å². The number of nitrogens with zero attached hydrogens (tertiary/aromatic N) is 2. The quantitative estimate of drug-likeness (QED) is 0.368. The molecule has 0 saturated heterocycles. The van der Waals surface area contributed by atoms with E-state index in [2.05, 4.69) is 9.72 Å². The molecule has 0 radical (unpaired) electrons. The number of pyridine rings is 1. The number of hydrogen-bond acceptors (Lipinski definition) is 4. The zero-order chi connectivity index (χ0) is 13.2. The van der Waals surface area contributed by atoms with Gasteiger partial charge in [0, 0.05) is 6.20 Å². The lowest BCUT2D eigenvalue weighted by molar-refractivity contribution is -0.388. The zero-order valence-electron chi connectivity index (χ0n) is 7.79. The number of ether oxygens (including phenoxy) is 1. The molecule has 0 aromatic carbocycles. The fourth-order valence-electron chi connectivity index (χ4n) is 0.973. The van der Waals surface area contributed by atoms with Gasteiger partial charge in [-0.3, -0.25) is 10.1 Å². The molecule has 0 bridgehead atoms. The normalized spacial score (nSPS) is 11.4. The van der Waals surface area contributed by atoms with Crippen molar-refractivity contribution in [2.45, 2.75) is 12.2 Å². The predicted octanol–water partition coefficient (Wildman–Crippen LogP) is 2.77. The van der Waals surface area contributed by atoms with Crippen molar-refractivity contribution in [3.05, 3.63) is 27.7 Å². The van der Waals surface area contributed by atoms with Crippen molar-refractivity contribution in [3.63, 3.8) is 0 Å². The number of alkyl halides is 4. The molecule has 1 aromatic rings. The molecule has 0 aliphatic rings. The van der Waals surface area contributed by atoms with E-state index in [-0.39, 0.29) is 5.56 Å². The molecule has 5 nitrogen and oxygen atoms in total. The van der Waals surface area contributed by atoms with Crippen molar-refractivity contribution >= 4 is 17.3 Å². The van der Waals surface area contributed by atoms with E-state index >= 15 is 0 Å². The van der Waals surface area contributed by atoms with E-state index in [9.17, 15) is 27.7 Å². The maximum atomic E-state index is 13.3. The van der Waals surface area contributed by atoms with Crippen LogP contribution in [0, 0.1) is 15.9 Å². The molecule has 0 aliphatic heterocycles. The smallest absolute Gasteiger partial charge is 0.384 e. The largest absolute Gasteiger partial charge is 0.574 e. The maximum Gasteiger partial charge on any atom is 0.574 e. The number of halogens is 5. The van der Waals surface area contributed by atoms with E-state index in [1.165, 1.54) is 0 Å². The van der Waals surface area contributed by atoms with Gasteiger partial charge in [0.15, 0.2) is 0 Å². The summed E-state index contributed by atoms with van der Waals surface area (Å²) in [5.74, 6) is -3.80. The summed E-state index contributed by atoms with van der Waals surface area (Å²) in [5, 5.41) is 10.5. The minimum atomic E-state index is -5.19. The molecule has 0 fully saturated rings. The van der Waals surface area contributed by atoms with Gasteiger partial charge in [0.25, 0.3) is 11.7 Å². The summed E-state index contributed by atoms with van der Waals surface area (Å²) < 4.78 is 51.9. The Morgan fingerprint density at radius 1 is 1.53 bits per heavy atom. The average molecular weight is 275 g/mol. The lowest BCUT2D eigenvalue weighted by Gasteiger charge is -2.09. The lowest BCUT2D eigenvalue weighted by Crippen LogP contribution is -2.19. The van der Waals surface area contributed by atoms with E-state index in [0.29, 0.717) is 6.20 Å². The molecule has 1 rings (SSSR count). The monoisotopic (exact) mass is 274 g/mol. The van der Waals surface area contributed by atoms with Crippen molar-refractivity contribution in [2.24, 2.45) is 0 Å². The summed E-state index contributed by atoms with van der Waals surface area (Å²) in [6, 6.07) is 0. The SMILES string of the molecule is O=[N+]([O-])c1c(CCl)cnc(OC(F)(F)F)c1F. The van der Waals surface area contributed by atoms with E-state index in [1.54, 1.807) is 0 Å². The molecule has 94 valence electrons. The van der Waals surface area contributed by atoms with Gasteiger partial charge < -0.3 is 4.74 Å². The minimum absolute atomic E-state index is 0.344. The van der Waals surface area contributed by atoms with Gasteiger partial charge in [-0.2, -0.15) is 4.39 Å². The van der Waals surface area contributed by atoms with Crippen LogP contribution in [0.2, 0.25) is 0 Å². The molecular formula is C7H3ClF4N2O3. The summed E-state index contributed by atoms with van der Waals surface area (Å²) in [5.41, 5.74) is -1.53. The van der Waals surface area contributed by atoms with Crippen molar-refractivity contribution in [2.75, 3.05) is 0 Å². The van der Waals surface area contributed by atoms with Gasteiger partial charge in [0.2, 0.25) is 0 Å². The molecule has 0 saturated carbocycles. The van der Waals surface area contributed by atoms with Crippen molar-refractivity contribution in [1.29, 1.82) is 0 Å². The molecule has 1 heterocycles. The highest BCUT2D eigenvalue weighted by atomic mass is 35.5. The molecular weight excluding hydrogens is 272 g/mol. The Balaban J connectivity index is 3.28. The molecule has 17 heavy (non-hydrogen) atoms. The lowest BCUT2D eigenvalue weighted by atomic mass is 10.2. The highest BCUT2D eigenvalue weighted by molar-refractivity contribution is 6.17. The molecule has 0 unspecified atom stereocenters. The maximum absolute atomic E-state index is 13.3. The Hall–Kier alpha value is -1.64. The first kappa shape index (κ1) is 13.4. The van der Waals surface area contributed by atoms with E-state index in [0.717, 1.165) is 0 Å². The highest BCUT2D eigenvalue weighted by Gasteiger charge is 2.36. The second-order valence-electron chi connectivity index (χ2n) is 2.69. The average Bonchev–Trinajstić information content (AvgIpc) is 2.18. The Kier molecular flexibility index (Phi) is 3.71. The summed E-state index contributed by atoms with van der Waals surface area (Å²) in [6.07, 6.45) is -4.54. The molecule has 0 atom stereocenters. The first-order valence-electron chi connectivity index (χ1n) is 3.89. The second kappa shape index (κ2) is 4.70. The summed E-state index contributed by atoms with van der Waals surface area (Å²) >= 11 is 5.26. The molecule has 0 N–H and O–H groups in total. The van der Waals surface area contributed by atoms with Crippen molar-refractivity contribution < 1.29 is 27.2 Å². The van der Waals surface area contributed by atoms with Gasteiger partial charge >= 0.3 is 12.0 Å². The number of rotatable bonds is 3. The van der Waals surface area contributed by atoms with Crippen LogP contribution in [0.25, 0.3) is 0 Å². The third-order valence-corrected chi connectivity index (χ3v) is 1.86. The predicted molar refractivity (Wildman–Crippen MR) is 47.1 cm³/mol. The van der Waals surface area contributed by atoms with Crippen LogP contribution in [-0.4, -0.2) is 16.3 Å². The first-order chi connectivity index (χ1) is 7.76. The summed E-state index contributed by atoms with van der Waals surface area (Å²) in [7, 11) is 0. The van der Waals surface area contributed by atoms with E-state index in [4.69, 9.17) is 11.6 Å². The Morgan fingerprint density at radius 3 is 2.53 bits per heavy atom. The van der Waals surface area contributed by atoms with Crippen LogP contribution in [0.5, 0.6) is 5.88 Å². The third kappa shape index (κ3) is 3.16. The van der Waals surface area contributed by atoms with Crippen LogP contribution in [0.15, 0.2) is 6.20 Å². The Bertz CT molecular complexity index is 451. The Morgan fingerprint density at radius 2 is 2.12 bits per heavy atom. The standard InChI is InChI=1S/C7H3ClF4N2O3/c8-1-3-2-13-6(17-7(10,11)12)4(9)5(3)14(15)16/h2H,1H2. The minimum Gasteiger partial charge on any atom is -0.384 e. The molecule has 0 spiro atoms. The fraction of sp³-hybridized carbons (Fsp3) is 0.286. The Labute approximate surface area is 96.1 Å². The topological polar surface area (TPSA) is 65.3 Å². The second-order valence-corrected chi connectivity index (χ2v) is 2.96. The number of nitro groups is 1. The fourth-order valence-corrected chi connectivity index (χ4v) is 1.17. The van der Waals surface area contributed by atoms with Gasteiger partial charge in [-0.15, -0.1) is 24.8 Å².